The topological polar surface area (TPSA) is 100 Å². The number of amides is 2. The molecule has 0 aromatic heterocycles. The number of carbonyl (C=O) groups excluding carboxylic acids is 2. The highest BCUT2D eigenvalue weighted by molar-refractivity contribution is 8.18. The van der Waals surface area contributed by atoms with Crippen molar-refractivity contribution in [2.75, 3.05) is 40.3 Å². The van der Waals surface area contributed by atoms with Gasteiger partial charge >= 0.3 is 6.09 Å². The molecule has 2 saturated heterocycles. The normalized spacial score (nSPS) is 21.4. The molecule has 8 nitrogen and oxygen atoms in total. The minimum Gasteiger partial charge on any atom is -0.410 e. The average Bonchev–Trinajstić information content (AvgIpc) is 3.35. The second-order valence-corrected chi connectivity index (χ2v) is 8.68. The van der Waals surface area contributed by atoms with Crippen LogP contribution in [0, 0.1) is 5.82 Å². The molecule has 10 heteroatoms. The number of nitrogens with one attached hydrogen (secondary N) is 1. The number of hydrogen-bond acceptors (Lipinski definition) is 7. The maximum Gasteiger partial charge on any atom is 0.415 e. The highest BCUT2D eigenvalue weighted by Crippen LogP contribution is 2.30. The molecular formula is C21H28FN5O3S. The summed E-state index contributed by atoms with van der Waals surface area (Å²) in [6.07, 6.45) is 3.60. The van der Waals surface area contributed by atoms with Gasteiger partial charge in [0.15, 0.2) is 5.17 Å². The third kappa shape index (κ3) is 6.28. The number of carbonyl (C=O) groups is 2. The van der Waals surface area contributed by atoms with E-state index in [1.807, 2.05) is 14.1 Å². The monoisotopic (exact) mass is 449 g/mol. The number of halogens is 1. The molecule has 2 heterocycles. The fraction of sp³-hybridized carbons (Fsp3) is 0.476. The van der Waals surface area contributed by atoms with Gasteiger partial charge in [-0.3, -0.25) is 9.79 Å². The van der Waals surface area contributed by atoms with E-state index in [0.29, 0.717) is 41.8 Å². The SMILES string of the molecule is CN(C)C1CCN(C(=O)Oc2ccc(F)cc2/C=C2/SC(=NCCCCN)NC2=O)C1. The highest BCUT2D eigenvalue weighted by atomic mass is 32.2. The molecule has 2 aliphatic rings. The van der Waals surface area contributed by atoms with Gasteiger partial charge in [0.25, 0.3) is 5.91 Å². The summed E-state index contributed by atoms with van der Waals surface area (Å²) in [6.45, 7) is 2.34. The fourth-order valence-electron chi connectivity index (χ4n) is 3.29. The van der Waals surface area contributed by atoms with Gasteiger partial charge in [0.1, 0.15) is 11.6 Å². The molecule has 3 N–H and O–H groups in total. The minimum atomic E-state index is -0.487. The van der Waals surface area contributed by atoms with Crippen LogP contribution >= 0.6 is 11.8 Å². The van der Waals surface area contributed by atoms with Gasteiger partial charge in [-0.15, -0.1) is 0 Å². The zero-order valence-corrected chi connectivity index (χ0v) is 18.6. The number of hydrogen-bond donors (Lipinski definition) is 2. The zero-order chi connectivity index (χ0) is 22.4. The molecule has 1 aromatic carbocycles. The van der Waals surface area contributed by atoms with Gasteiger partial charge in [0.2, 0.25) is 0 Å². The van der Waals surface area contributed by atoms with Gasteiger partial charge < -0.3 is 25.6 Å². The Kier molecular flexibility index (Phi) is 8.05. The summed E-state index contributed by atoms with van der Waals surface area (Å²) in [4.78, 5) is 33.3. The molecule has 0 radical (unpaired) electrons. The molecular weight excluding hydrogens is 421 g/mol. The van der Waals surface area contributed by atoms with Crippen LogP contribution in [0.15, 0.2) is 28.1 Å². The van der Waals surface area contributed by atoms with Gasteiger partial charge in [0, 0.05) is 31.2 Å². The van der Waals surface area contributed by atoms with Crippen LogP contribution in [0.25, 0.3) is 6.08 Å². The molecule has 1 unspecified atom stereocenters. The number of likely N-dealkylation sites (N-methyl/N-ethyl adjacent to an activating group) is 1. The van der Waals surface area contributed by atoms with Crippen LogP contribution in [0.1, 0.15) is 24.8 Å². The van der Waals surface area contributed by atoms with Crippen molar-refractivity contribution >= 4 is 35.0 Å². The van der Waals surface area contributed by atoms with Crippen LogP contribution in [-0.2, 0) is 4.79 Å². The molecule has 2 amide bonds. The van der Waals surface area contributed by atoms with Crippen LogP contribution in [0.4, 0.5) is 9.18 Å². The molecule has 168 valence electrons. The van der Waals surface area contributed by atoms with Gasteiger partial charge in [-0.2, -0.15) is 0 Å². The lowest BCUT2D eigenvalue weighted by Crippen LogP contribution is -2.36. The van der Waals surface area contributed by atoms with Crippen LogP contribution in [0.5, 0.6) is 5.75 Å². The largest absolute Gasteiger partial charge is 0.415 e. The first-order valence-electron chi connectivity index (χ1n) is 10.3. The Hall–Kier alpha value is -2.43. The Labute approximate surface area is 185 Å². The van der Waals surface area contributed by atoms with E-state index in [1.54, 1.807) is 4.90 Å². The molecule has 1 atom stereocenters. The summed E-state index contributed by atoms with van der Waals surface area (Å²) in [6, 6.07) is 4.15. The zero-order valence-electron chi connectivity index (χ0n) is 17.8. The second-order valence-electron chi connectivity index (χ2n) is 7.65. The van der Waals surface area contributed by atoms with Crippen molar-refractivity contribution < 1.29 is 18.7 Å². The number of ether oxygens (including phenoxy) is 1. The number of benzene rings is 1. The summed E-state index contributed by atoms with van der Waals surface area (Å²) in [5.41, 5.74) is 5.79. The number of nitrogens with zero attached hydrogens (tertiary/aromatic N) is 3. The van der Waals surface area contributed by atoms with Crippen LogP contribution in [-0.4, -0.2) is 73.3 Å². The summed E-state index contributed by atoms with van der Waals surface area (Å²) >= 11 is 1.17. The Morgan fingerprint density at radius 2 is 2.26 bits per heavy atom. The molecule has 0 saturated carbocycles. The first-order valence-corrected chi connectivity index (χ1v) is 11.1. The van der Waals surface area contributed by atoms with Crippen molar-refractivity contribution in [2.45, 2.75) is 25.3 Å². The van der Waals surface area contributed by atoms with E-state index in [9.17, 15) is 14.0 Å². The summed E-state index contributed by atoms with van der Waals surface area (Å²) in [5, 5.41) is 3.19. The minimum absolute atomic E-state index is 0.203. The third-order valence-electron chi connectivity index (χ3n) is 5.13. The predicted octanol–water partition coefficient (Wildman–Crippen LogP) is 2.26. The third-order valence-corrected chi connectivity index (χ3v) is 6.07. The molecule has 31 heavy (non-hydrogen) atoms. The number of thioether (sulfide) groups is 1. The predicted molar refractivity (Wildman–Crippen MR) is 120 cm³/mol. The van der Waals surface area contributed by atoms with Crippen LogP contribution in [0.2, 0.25) is 0 Å². The van der Waals surface area contributed by atoms with Crippen molar-refractivity contribution in [1.82, 2.24) is 15.1 Å². The van der Waals surface area contributed by atoms with E-state index in [-0.39, 0.29) is 17.7 Å². The lowest BCUT2D eigenvalue weighted by atomic mass is 10.1. The lowest BCUT2D eigenvalue weighted by molar-refractivity contribution is -0.115. The Bertz CT molecular complexity index is 890. The maximum atomic E-state index is 13.9. The van der Waals surface area contributed by atoms with Crippen molar-refractivity contribution in [3.8, 4) is 5.75 Å². The first-order chi connectivity index (χ1) is 14.9. The molecule has 0 aliphatic carbocycles. The van der Waals surface area contributed by atoms with Gasteiger partial charge in [-0.25, -0.2) is 9.18 Å². The number of likely N-dealkylation sites (tertiary alicyclic amines) is 1. The molecule has 0 spiro atoms. The van der Waals surface area contributed by atoms with E-state index in [0.717, 1.165) is 19.3 Å². The summed E-state index contributed by atoms with van der Waals surface area (Å²) in [7, 11) is 3.95. The van der Waals surface area contributed by atoms with Crippen LogP contribution in [0.3, 0.4) is 0 Å². The number of amidine groups is 1. The van der Waals surface area contributed by atoms with Crippen LogP contribution < -0.4 is 15.8 Å². The van der Waals surface area contributed by atoms with E-state index < -0.39 is 11.9 Å². The van der Waals surface area contributed by atoms with Gasteiger partial charge in [-0.05, 0) is 75.9 Å². The van der Waals surface area contributed by atoms with Crippen molar-refractivity contribution in [3.05, 3.63) is 34.5 Å². The number of unbranched alkanes of at least 4 members (excludes halogenated alkanes) is 1. The quantitative estimate of drug-likeness (QED) is 0.489. The van der Waals surface area contributed by atoms with Crippen molar-refractivity contribution in [1.29, 1.82) is 0 Å². The smallest absolute Gasteiger partial charge is 0.410 e. The molecule has 2 aliphatic heterocycles. The number of nitrogens with two attached hydrogens (primary N) is 1. The summed E-state index contributed by atoms with van der Waals surface area (Å²) < 4.78 is 19.4. The molecule has 1 aromatic rings. The van der Waals surface area contributed by atoms with Gasteiger partial charge in [0.05, 0.1) is 4.91 Å². The number of rotatable bonds is 7. The van der Waals surface area contributed by atoms with Gasteiger partial charge in [-0.1, -0.05) is 0 Å². The van der Waals surface area contributed by atoms with Crippen molar-refractivity contribution in [3.63, 3.8) is 0 Å². The standard InChI is InChI=1S/C21H28FN5O3S/c1-26(2)16-7-10-27(13-16)21(29)30-17-6-5-15(22)11-14(17)12-18-19(28)25-20(31-18)24-9-4-3-8-23/h5-6,11-12,16H,3-4,7-10,13,23H2,1-2H3,(H,24,25,28)/b18-12+. The Morgan fingerprint density at radius 3 is 2.97 bits per heavy atom. The molecule has 0 bridgehead atoms. The molecule has 3 rings (SSSR count). The first kappa shape index (κ1) is 23.2. The van der Waals surface area contributed by atoms with E-state index in [1.165, 1.54) is 36.0 Å². The number of aliphatic imine (C=N–C) groups is 1. The Morgan fingerprint density at radius 1 is 1.45 bits per heavy atom. The maximum absolute atomic E-state index is 13.9. The van der Waals surface area contributed by atoms with E-state index in [4.69, 9.17) is 10.5 Å². The van der Waals surface area contributed by atoms with E-state index in [2.05, 4.69) is 15.2 Å². The second kappa shape index (κ2) is 10.7. The lowest BCUT2D eigenvalue weighted by Gasteiger charge is -2.20. The Balaban J connectivity index is 1.71. The highest BCUT2D eigenvalue weighted by Gasteiger charge is 2.29. The summed E-state index contributed by atoms with van der Waals surface area (Å²) in [5.74, 6) is -0.606. The average molecular weight is 450 g/mol. The van der Waals surface area contributed by atoms with Crippen molar-refractivity contribution in [2.24, 2.45) is 10.7 Å². The fourth-order valence-corrected chi connectivity index (χ4v) is 4.13. The van der Waals surface area contributed by atoms with E-state index >= 15 is 0 Å². The molecule has 2 fully saturated rings.